The summed E-state index contributed by atoms with van der Waals surface area (Å²) >= 11 is 0. The minimum atomic E-state index is -3.54. The first-order chi connectivity index (χ1) is 14.3. The van der Waals surface area contributed by atoms with Gasteiger partial charge < -0.3 is 10.2 Å². The van der Waals surface area contributed by atoms with E-state index in [0.717, 1.165) is 35.1 Å². The number of anilines is 2. The number of carbonyl (C=O) groups excluding carboxylic acids is 1. The van der Waals surface area contributed by atoms with Crippen LogP contribution in [0.2, 0.25) is 0 Å². The lowest BCUT2D eigenvalue weighted by Crippen LogP contribution is -2.22. The standard InChI is InChI=1S/C24H28N2O3S/c1-4-26(5-2)21-11-13-23(18(3)16-21)25-24(27)14-15-30(28,29)22-12-10-19-8-6-7-9-20(19)17-22/h6-13,16-17H,4-5,14-15H2,1-3H3,(H,25,27). The van der Waals surface area contributed by atoms with Crippen LogP contribution in [0.3, 0.4) is 0 Å². The third kappa shape index (κ3) is 5.00. The van der Waals surface area contributed by atoms with Crippen LogP contribution < -0.4 is 10.2 Å². The molecule has 0 aliphatic heterocycles. The molecular weight excluding hydrogens is 396 g/mol. The van der Waals surface area contributed by atoms with Gasteiger partial charge in [-0.2, -0.15) is 0 Å². The molecule has 0 spiro atoms. The zero-order valence-electron chi connectivity index (χ0n) is 17.7. The zero-order valence-corrected chi connectivity index (χ0v) is 18.5. The van der Waals surface area contributed by atoms with Gasteiger partial charge in [0.15, 0.2) is 9.84 Å². The molecule has 0 aromatic heterocycles. The van der Waals surface area contributed by atoms with Crippen LogP contribution in [0.25, 0.3) is 10.8 Å². The van der Waals surface area contributed by atoms with Crippen molar-refractivity contribution in [1.29, 1.82) is 0 Å². The summed E-state index contributed by atoms with van der Waals surface area (Å²) in [4.78, 5) is 14.9. The van der Waals surface area contributed by atoms with Crippen molar-refractivity contribution in [3.63, 3.8) is 0 Å². The SMILES string of the molecule is CCN(CC)c1ccc(NC(=O)CCS(=O)(=O)c2ccc3ccccc3c2)c(C)c1. The van der Waals surface area contributed by atoms with Crippen LogP contribution in [0.15, 0.2) is 65.6 Å². The Labute approximate surface area is 178 Å². The molecule has 3 aromatic carbocycles. The largest absolute Gasteiger partial charge is 0.372 e. The van der Waals surface area contributed by atoms with Gasteiger partial charge in [-0.05, 0) is 67.4 Å². The predicted octanol–water partition coefficient (Wildman–Crippen LogP) is 4.80. The van der Waals surface area contributed by atoms with Crippen molar-refractivity contribution < 1.29 is 13.2 Å². The Balaban J connectivity index is 1.66. The van der Waals surface area contributed by atoms with Crippen LogP contribution in [0.1, 0.15) is 25.8 Å². The average Bonchev–Trinajstić information content (AvgIpc) is 2.74. The summed E-state index contributed by atoms with van der Waals surface area (Å²) in [7, 11) is -3.54. The van der Waals surface area contributed by atoms with Gasteiger partial charge in [0.25, 0.3) is 0 Å². The quantitative estimate of drug-likeness (QED) is 0.564. The Bertz CT molecular complexity index is 1150. The molecule has 0 saturated heterocycles. The number of rotatable bonds is 8. The summed E-state index contributed by atoms with van der Waals surface area (Å²) in [5.41, 5.74) is 2.76. The highest BCUT2D eigenvalue weighted by Gasteiger charge is 2.17. The smallest absolute Gasteiger partial charge is 0.225 e. The highest BCUT2D eigenvalue weighted by Crippen LogP contribution is 2.23. The summed E-state index contributed by atoms with van der Waals surface area (Å²) < 4.78 is 25.4. The van der Waals surface area contributed by atoms with Crippen molar-refractivity contribution in [3.8, 4) is 0 Å². The van der Waals surface area contributed by atoms with Crippen molar-refractivity contribution in [2.24, 2.45) is 0 Å². The summed E-state index contributed by atoms with van der Waals surface area (Å²) in [5.74, 6) is -0.536. The van der Waals surface area contributed by atoms with E-state index in [2.05, 4.69) is 24.1 Å². The maximum absolute atomic E-state index is 12.7. The van der Waals surface area contributed by atoms with E-state index >= 15 is 0 Å². The van der Waals surface area contributed by atoms with E-state index in [1.165, 1.54) is 0 Å². The van der Waals surface area contributed by atoms with Crippen molar-refractivity contribution in [3.05, 3.63) is 66.2 Å². The fourth-order valence-electron chi connectivity index (χ4n) is 3.49. The fourth-order valence-corrected chi connectivity index (χ4v) is 4.76. The van der Waals surface area contributed by atoms with Crippen molar-refractivity contribution in [2.45, 2.75) is 32.1 Å². The third-order valence-electron chi connectivity index (χ3n) is 5.29. The van der Waals surface area contributed by atoms with Gasteiger partial charge >= 0.3 is 0 Å². The number of nitrogens with zero attached hydrogens (tertiary/aromatic N) is 1. The Kier molecular flexibility index (Phi) is 6.77. The number of benzene rings is 3. The van der Waals surface area contributed by atoms with Crippen LogP contribution in [0.4, 0.5) is 11.4 Å². The number of aryl methyl sites for hydroxylation is 1. The molecule has 0 heterocycles. The molecule has 30 heavy (non-hydrogen) atoms. The monoisotopic (exact) mass is 424 g/mol. The molecule has 1 amide bonds. The average molecular weight is 425 g/mol. The van der Waals surface area contributed by atoms with E-state index < -0.39 is 9.84 Å². The number of carbonyl (C=O) groups is 1. The maximum Gasteiger partial charge on any atom is 0.225 e. The summed E-state index contributed by atoms with van der Waals surface area (Å²) in [6, 6.07) is 18.6. The lowest BCUT2D eigenvalue weighted by Gasteiger charge is -2.22. The van der Waals surface area contributed by atoms with Gasteiger partial charge in [-0.15, -0.1) is 0 Å². The summed E-state index contributed by atoms with van der Waals surface area (Å²) in [5, 5.41) is 4.70. The molecule has 1 N–H and O–H groups in total. The van der Waals surface area contributed by atoms with Gasteiger partial charge in [0.2, 0.25) is 5.91 Å². The molecule has 3 aromatic rings. The molecule has 158 valence electrons. The van der Waals surface area contributed by atoms with Gasteiger partial charge in [0.1, 0.15) is 0 Å². The molecule has 0 saturated carbocycles. The minimum Gasteiger partial charge on any atom is -0.372 e. The second-order valence-corrected chi connectivity index (χ2v) is 9.41. The minimum absolute atomic E-state index is 0.0909. The van der Waals surface area contributed by atoms with Crippen molar-refractivity contribution >= 4 is 37.9 Å². The van der Waals surface area contributed by atoms with Crippen molar-refractivity contribution in [1.82, 2.24) is 0 Å². The lowest BCUT2D eigenvalue weighted by atomic mass is 10.1. The van der Waals surface area contributed by atoms with Crippen LogP contribution in [-0.2, 0) is 14.6 Å². The van der Waals surface area contributed by atoms with E-state index in [-0.39, 0.29) is 23.0 Å². The number of hydrogen-bond acceptors (Lipinski definition) is 4. The van der Waals surface area contributed by atoms with Gasteiger partial charge in [-0.25, -0.2) is 8.42 Å². The van der Waals surface area contributed by atoms with E-state index in [0.29, 0.717) is 5.69 Å². The van der Waals surface area contributed by atoms with Gasteiger partial charge in [0.05, 0.1) is 10.6 Å². The molecule has 3 rings (SSSR count). The second kappa shape index (κ2) is 9.30. The molecule has 0 radical (unpaired) electrons. The first-order valence-corrected chi connectivity index (χ1v) is 11.9. The number of hydrogen-bond donors (Lipinski definition) is 1. The predicted molar refractivity (Wildman–Crippen MR) is 124 cm³/mol. The second-order valence-electron chi connectivity index (χ2n) is 7.30. The van der Waals surface area contributed by atoms with E-state index in [4.69, 9.17) is 0 Å². The number of nitrogens with one attached hydrogen (secondary N) is 1. The van der Waals surface area contributed by atoms with E-state index in [1.54, 1.807) is 18.2 Å². The molecule has 0 aliphatic rings. The molecular formula is C24H28N2O3S. The van der Waals surface area contributed by atoms with E-state index in [9.17, 15) is 13.2 Å². The van der Waals surface area contributed by atoms with Crippen LogP contribution in [-0.4, -0.2) is 33.2 Å². The molecule has 0 aliphatic carbocycles. The van der Waals surface area contributed by atoms with Gasteiger partial charge in [-0.1, -0.05) is 30.3 Å². The Hall–Kier alpha value is -2.86. The van der Waals surface area contributed by atoms with Crippen LogP contribution in [0.5, 0.6) is 0 Å². The normalized spacial score (nSPS) is 11.4. The molecule has 5 nitrogen and oxygen atoms in total. The number of sulfone groups is 1. The maximum atomic E-state index is 12.7. The molecule has 0 atom stereocenters. The van der Waals surface area contributed by atoms with Crippen molar-refractivity contribution in [2.75, 3.05) is 29.1 Å². The Morgan fingerprint density at radius 3 is 2.30 bits per heavy atom. The summed E-state index contributed by atoms with van der Waals surface area (Å²) in [6.07, 6.45) is -0.0909. The van der Waals surface area contributed by atoms with Crippen LogP contribution >= 0.6 is 0 Å². The van der Waals surface area contributed by atoms with Gasteiger partial charge in [0, 0.05) is 30.9 Å². The number of amides is 1. The molecule has 6 heteroatoms. The highest BCUT2D eigenvalue weighted by molar-refractivity contribution is 7.91. The zero-order chi connectivity index (χ0) is 21.7. The lowest BCUT2D eigenvalue weighted by molar-refractivity contribution is -0.115. The number of fused-ring (bicyclic) bond motifs is 1. The highest BCUT2D eigenvalue weighted by atomic mass is 32.2. The first-order valence-electron chi connectivity index (χ1n) is 10.2. The molecule has 0 unspecified atom stereocenters. The van der Waals surface area contributed by atoms with Gasteiger partial charge in [-0.3, -0.25) is 4.79 Å². The molecule has 0 fully saturated rings. The van der Waals surface area contributed by atoms with E-state index in [1.807, 2.05) is 49.4 Å². The molecule has 0 bridgehead atoms. The Morgan fingerprint density at radius 1 is 0.933 bits per heavy atom. The van der Waals surface area contributed by atoms with Crippen LogP contribution in [0, 0.1) is 6.92 Å². The Morgan fingerprint density at radius 2 is 1.63 bits per heavy atom. The summed E-state index contributed by atoms with van der Waals surface area (Å²) in [6.45, 7) is 7.96. The topological polar surface area (TPSA) is 66.5 Å². The first kappa shape index (κ1) is 21.8. The third-order valence-corrected chi connectivity index (χ3v) is 7.00. The fraction of sp³-hybridized carbons (Fsp3) is 0.292.